The van der Waals surface area contributed by atoms with Crippen LogP contribution >= 0.6 is 11.3 Å². The predicted molar refractivity (Wildman–Crippen MR) is 155 cm³/mol. The zero-order valence-electron chi connectivity index (χ0n) is 22.2. The fraction of sp³-hybridized carbons (Fsp3) is 0.300. The van der Waals surface area contributed by atoms with E-state index in [9.17, 15) is 9.59 Å². The summed E-state index contributed by atoms with van der Waals surface area (Å²) in [5.41, 5.74) is 3.49. The van der Waals surface area contributed by atoms with Gasteiger partial charge in [-0.25, -0.2) is 9.97 Å². The van der Waals surface area contributed by atoms with Crippen molar-refractivity contribution < 1.29 is 14.0 Å². The molecule has 0 unspecified atom stereocenters. The number of oxazole rings is 1. The van der Waals surface area contributed by atoms with Crippen molar-refractivity contribution in [2.75, 3.05) is 17.3 Å². The number of aryl methyl sites for hydroxylation is 2. The van der Waals surface area contributed by atoms with Crippen LogP contribution in [0.25, 0.3) is 21.7 Å². The maximum Gasteiger partial charge on any atom is 0.268 e. The van der Waals surface area contributed by atoms with E-state index in [1.54, 1.807) is 23.4 Å². The van der Waals surface area contributed by atoms with Gasteiger partial charge in [0.15, 0.2) is 12.2 Å². The Balaban J connectivity index is 1.29. The van der Waals surface area contributed by atoms with Gasteiger partial charge < -0.3 is 13.9 Å². The minimum Gasteiger partial charge on any atom is -0.443 e. The number of fused-ring (bicyclic) bond motifs is 1. The lowest BCUT2D eigenvalue weighted by Crippen LogP contribution is -2.33. The Bertz CT molecular complexity index is 1620. The fourth-order valence-corrected chi connectivity index (χ4v) is 6.13. The number of imidazole rings is 1. The van der Waals surface area contributed by atoms with E-state index < -0.39 is 0 Å². The first-order valence-corrected chi connectivity index (χ1v) is 14.4. The molecule has 0 radical (unpaired) electrons. The summed E-state index contributed by atoms with van der Waals surface area (Å²) in [5, 5.41) is 3.02. The monoisotopic (exact) mass is 554 g/mol. The molecular formula is C30H30N6O3S. The molecular weight excluding hydrogens is 524 g/mol. The molecule has 204 valence electrons. The second-order valence-corrected chi connectivity index (χ2v) is 11.2. The van der Waals surface area contributed by atoms with Gasteiger partial charge in [0.25, 0.3) is 5.91 Å². The van der Waals surface area contributed by atoms with Crippen molar-refractivity contribution in [2.45, 2.75) is 45.1 Å². The fourth-order valence-electron chi connectivity index (χ4n) is 5.28. The van der Waals surface area contributed by atoms with Gasteiger partial charge in [0, 0.05) is 37.6 Å². The van der Waals surface area contributed by atoms with Crippen molar-refractivity contribution in [1.29, 1.82) is 0 Å². The van der Waals surface area contributed by atoms with E-state index in [0.717, 1.165) is 59.3 Å². The maximum atomic E-state index is 13.3. The number of thiophene rings is 1. The van der Waals surface area contributed by atoms with Crippen LogP contribution in [0.1, 0.15) is 47.3 Å². The second-order valence-electron chi connectivity index (χ2n) is 10.1. The molecule has 6 rings (SSSR count). The van der Waals surface area contributed by atoms with Crippen molar-refractivity contribution in [1.82, 2.24) is 19.5 Å². The molecule has 40 heavy (non-hydrogen) atoms. The summed E-state index contributed by atoms with van der Waals surface area (Å²) in [4.78, 5) is 42.6. The number of hydrogen-bond acceptors (Lipinski definition) is 7. The van der Waals surface area contributed by atoms with Crippen LogP contribution in [0.15, 0.2) is 71.9 Å². The van der Waals surface area contributed by atoms with E-state index in [4.69, 9.17) is 9.40 Å². The van der Waals surface area contributed by atoms with Crippen LogP contribution in [0.2, 0.25) is 0 Å². The molecule has 0 aliphatic heterocycles. The quantitative estimate of drug-likeness (QED) is 0.245. The molecule has 0 saturated heterocycles. The van der Waals surface area contributed by atoms with E-state index in [1.807, 2.05) is 54.2 Å². The molecule has 9 nitrogen and oxygen atoms in total. The van der Waals surface area contributed by atoms with Crippen molar-refractivity contribution in [3.63, 3.8) is 0 Å². The van der Waals surface area contributed by atoms with Crippen LogP contribution in [0.3, 0.4) is 0 Å². The van der Waals surface area contributed by atoms with E-state index in [1.165, 1.54) is 24.2 Å². The molecule has 1 aliphatic carbocycles. The van der Waals surface area contributed by atoms with Gasteiger partial charge in [-0.2, -0.15) is 0 Å². The summed E-state index contributed by atoms with van der Waals surface area (Å²) in [5.74, 6) is 1.06. The SMILES string of the molecule is CN(C(=O)C1CCCCC1)c1ccc2c(c1)nc(NC(=O)c1ccc(-c3cnco3)s1)n2CCc1cccnc1. The highest BCUT2D eigenvalue weighted by Crippen LogP contribution is 2.31. The van der Waals surface area contributed by atoms with E-state index in [2.05, 4.69) is 15.3 Å². The number of anilines is 2. The van der Waals surface area contributed by atoms with Crippen molar-refractivity contribution in [3.8, 4) is 10.6 Å². The van der Waals surface area contributed by atoms with Crippen LogP contribution in [0.4, 0.5) is 11.6 Å². The summed E-state index contributed by atoms with van der Waals surface area (Å²) in [6.45, 7) is 0.599. The lowest BCUT2D eigenvalue weighted by molar-refractivity contribution is -0.123. The van der Waals surface area contributed by atoms with Gasteiger partial charge in [-0.3, -0.25) is 19.9 Å². The number of amides is 2. The van der Waals surface area contributed by atoms with Crippen molar-refractivity contribution in [3.05, 3.63) is 77.9 Å². The molecule has 4 heterocycles. The Morgan fingerprint density at radius 1 is 1.10 bits per heavy atom. The average molecular weight is 555 g/mol. The summed E-state index contributed by atoms with van der Waals surface area (Å²) in [6, 6.07) is 13.4. The van der Waals surface area contributed by atoms with Gasteiger partial charge in [-0.1, -0.05) is 25.3 Å². The maximum absolute atomic E-state index is 13.3. The molecule has 0 bridgehead atoms. The Labute approximate surface area is 235 Å². The van der Waals surface area contributed by atoms with Gasteiger partial charge in [-0.15, -0.1) is 11.3 Å². The number of aromatic nitrogens is 4. The molecule has 1 aromatic carbocycles. The number of hydrogen-bond donors (Lipinski definition) is 1. The number of benzene rings is 1. The number of carbonyl (C=O) groups excluding carboxylic acids is 2. The summed E-state index contributed by atoms with van der Waals surface area (Å²) < 4.78 is 7.38. The molecule has 1 N–H and O–H groups in total. The van der Waals surface area contributed by atoms with E-state index in [0.29, 0.717) is 23.1 Å². The number of rotatable bonds is 8. The zero-order valence-corrected chi connectivity index (χ0v) is 23.1. The number of pyridine rings is 1. The Morgan fingerprint density at radius 3 is 2.75 bits per heavy atom. The molecule has 1 fully saturated rings. The van der Waals surface area contributed by atoms with Gasteiger partial charge >= 0.3 is 0 Å². The number of nitrogens with zero attached hydrogens (tertiary/aromatic N) is 5. The minimum atomic E-state index is -0.251. The first-order chi connectivity index (χ1) is 19.6. The highest BCUT2D eigenvalue weighted by molar-refractivity contribution is 7.17. The van der Waals surface area contributed by atoms with Crippen LogP contribution in [-0.4, -0.2) is 38.4 Å². The van der Waals surface area contributed by atoms with E-state index in [-0.39, 0.29) is 17.7 Å². The second kappa shape index (κ2) is 11.4. The van der Waals surface area contributed by atoms with Crippen LogP contribution in [-0.2, 0) is 17.8 Å². The highest BCUT2D eigenvalue weighted by atomic mass is 32.1. The number of nitrogens with one attached hydrogen (secondary N) is 1. The van der Waals surface area contributed by atoms with Crippen LogP contribution in [0, 0.1) is 5.92 Å². The third-order valence-corrected chi connectivity index (χ3v) is 8.58. The average Bonchev–Trinajstić information content (AvgIpc) is 3.76. The third-order valence-electron chi connectivity index (χ3n) is 7.48. The molecule has 10 heteroatoms. The largest absolute Gasteiger partial charge is 0.443 e. The normalized spacial score (nSPS) is 13.9. The first kappa shape index (κ1) is 25.9. The third kappa shape index (κ3) is 5.40. The van der Waals surface area contributed by atoms with Crippen molar-refractivity contribution >= 4 is 45.8 Å². The smallest absolute Gasteiger partial charge is 0.268 e. The standard InChI is InChI=1S/C30H30N6O3S/c1-35(29(38)21-7-3-2-4-8-21)22-9-10-24-23(16-22)33-30(36(24)15-13-20-6-5-14-31-17-20)34-28(37)27-12-11-26(40-27)25-18-32-19-39-25/h5-6,9-12,14,16-19,21H,2-4,7-8,13,15H2,1H3,(H,33,34,37). The molecule has 0 spiro atoms. The first-order valence-electron chi connectivity index (χ1n) is 13.5. The molecule has 1 saturated carbocycles. The highest BCUT2D eigenvalue weighted by Gasteiger charge is 2.25. The van der Waals surface area contributed by atoms with Crippen molar-refractivity contribution in [2.24, 2.45) is 5.92 Å². The Kier molecular flexibility index (Phi) is 7.41. The van der Waals surface area contributed by atoms with Gasteiger partial charge in [0.2, 0.25) is 11.9 Å². The molecule has 0 atom stereocenters. The zero-order chi connectivity index (χ0) is 27.5. The topological polar surface area (TPSA) is 106 Å². The Hall–Kier alpha value is -4.31. The van der Waals surface area contributed by atoms with Gasteiger partial charge in [0.1, 0.15) is 0 Å². The minimum absolute atomic E-state index is 0.0778. The van der Waals surface area contributed by atoms with E-state index >= 15 is 0 Å². The van der Waals surface area contributed by atoms with Gasteiger partial charge in [-0.05, 0) is 61.2 Å². The molecule has 1 aliphatic rings. The number of carbonyl (C=O) groups is 2. The molecule has 5 aromatic rings. The summed E-state index contributed by atoms with van der Waals surface area (Å²) in [6.07, 6.45) is 12.6. The summed E-state index contributed by atoms with van der Waals surface area (Å²) >= 11 is 1.33. The van der Waals surface area contributed by atoms with Crippen LogP contribution in [0.5, 0.6) is 0 Å². The summed E-state index contributed by atoms with van der Waals surface area (Å²) in [7, 11) is 1.84. The molecule has 2 amide bonds. The molecule has 4 aromatic heterocycles. The lowest BCUT2D eigenvalue weighted by Gasteiger charge is -2.26. The lowest BCUT2D eigenvalue weighted by atomic mass is 9.88. The van der Waals surface area contributed by atoms with Gasteiger partial charge in [0.05, 0.1) is 27.0 Å². The predicted octanol–water partition coefficient (Wildman–Crippen LogP) is 6.19. The Morgan fingerprint density at radius 2 is 1.98 bits per heavy atom. The van der Waals surface area contributed by atoms with Crippen LogP contribution < -0.4 is 10.2 Å².